The first-order chi connectivity index (χ1) is 12.5. The number of H-pyrrole nitrogens is 1. The summed E-state index contributed by atoms with van der Waals surface area (Å²) in [5.74, 6) is -2.75. The van der Waals surface area contributed by atoms with Crippen LogP contribution in [0.1, 0.15) is 31.1 Å². The molecule has 2 aromatic carbocycles. The van der Waals surface area contributed by atoms with Crippen molar-refractivity contribution in [3.63, 3.8) is 0 Å². The molecule has 0 saturated heterocycles. The van der Waals surface area contributed by atoms with Crippen LogP contribution in [0.3, 0.4) is 0 Å². The van der Waals surface area contributed by atoms with Crippen LogP contribution in [-0.4, -0.2) is 48.7 Å². The molecule has 0 unspecified atom stereocenters. The Kier molecular flexibility index (Phi) is 4.39. The molecule has 3 rings (SSSR count). The van der Waals surface area contributed by atoms with Gasteiger partial charge in [0.05, 0.1) is 16.8 Å². The molecule has 10 heteroatoms. The highest BCUT2D eigenvalue weighted by Crippen LogP contribution is 2.20. The molecule has 1 amide bonds. The highest BCUT2D eigenvalue weighted by Gasteiger charge is 2.16. The Morgan fingerprint density at radius 2 is 1.62 bits per heavy atom. The molecule has 130 valence electrons. The number of tetrazole rings is 1. The van der Waals surface area contributed by atoms with Crippen LogP contribution < -0.4 is 5.32 Å². The number of carboxylic acids is 2. The molecule has 0 aliphatic heterocycles. The van der Waals surface area contributed by atoms with Gasteiger partial charge < -0.3 is 15.5 Å². The maximum atomic E-state index is 12.4. The van der Waals surface area contributed by atoms with Gasteiger partial charge in [-0.2, -0.15) is 5.21 Å². The van der Waals surface area contributed by atoms with Crippen LogP contribution in [-0.2, 0) is 0 Å². The molecule has 1 aromatic heterocycles. The maximum absolute atomic E-state index is 12.4. The fourth-order valence-electron chi connectivity index (χ4n) is 2.22. The predicted octanol–water partition coefficient (Wildman–Crippen LogP) is 1.52. The summed E-state index contributed by atoms with van der Waals surface area (Å²) in [4.78, 5) is 34.7. The van der Waals surface area contributed by atoms with Crippen molar-refractivity contribution >= 4 is 23.5 Å². The summed E-state index contributed by atoms with van der Waals surface area (Å²) in [5.41, 5.74) is 0.415. The number of carbonyl (C=O) groups excluding carboxylic acids is 1. The number of nitrogens with one attached hydrogen (secondary N) is 2. The Balaban J connectivity index is 1.86. The standard InChI is InChI=1S/C16H11N5O5/c22-14(9-3-1-8(2-4-9)13-18-20-21-19-13)17-12-7-10(15(23)24)5-6-11(12)16(25)26/h1-7H,(H,17,22)(H,23,24)(H,25,26)(H,18,19,20,21). The fraction of sp³-hybridized carbons (Fsp3) is 0. The number of aromatic carboxylic acids is 2. The lowest BCUT2D eigenvalue weighted by atomic mass is 10.1. The van der Waals surface area contributed by atoms with Crippen LogP contribution in [0.2, 0.25) is 0 Å². The number of carbonyl (C=O) groups is 3. The van der Waals surface area contributed by atoms with Crippen molar-refractivity contribution in [1.82, 2.24) is 20.6 Å². The van der Waals surface area contributed by atoms with Gasteiger partial charge >= 0.3 is 11.9 Å². The first-order valence-corrected chi connectivity index (χ1v) is 7.21. The van der Waals surface area contributed by atoms with E-state index in [1.165, 1.54) is 12.1 Å². The molecule has 0 fully saturated rings. The first kappa shape index (κ1) is 16.8. The fourth-order valence-corrected chi connectivity index (χ4v) is 2.22. The minimum atomic E-state index is -1.29. The highest BCUT2D eigenvalue weighted by molar-refractivity contribution is 6.08. The zero-order valence-corrected chi connectivity index (χ0v) is 13.0. The van der Waals surface area contributed by atoms with E-state index in [0.29, 0.717) is 11.4 Å². The molecular weight excluding hydrogens is 342 g/mol. The van der Waals surface area contributed by atoms with E-state index in [9.17, 15) is 19.5 Å². The molecule has 0 bridgehead atoms. The van der Waals surface area contributed by atoms with Gasteiger partial charge in [0.2, 0.25) is 5.82 Å². The summed E-state index contributed by atoms with van der Waals surface area (Å²) < 4.78 is 0. The minimum Gasteiger partial charge on any atom is -0.478 e. The van der Waals surface area contributed by atoms with Crippen molar-refractivity contribution in [3.05, 3.63) is 59.2 Å². The quantitative estimate of drug-likeness (QED) is 0.537. The van der Waals surface area contributed by atoms with Crippen LogP contribution in [0.25, 0.3) is 11.4 Å². The summed E-state index contributed by atoms with van der Waals surface area (Å²) in [7, 11) is 0. The number of aromatic nitrogens is 4. The normalized spacial score (nSPS) is 10.3. The first-order valence-electron chi connectivity index (χ1n) is 7.21. The molecule has 26 heavy (non-hydrogen) atoms. The van der Waals surface area contributed by atoms with E-state index in [1.807, 2.05) is 0 Å². The average Bonchev–Trinajstić information content (AvgIpc) is 3.16. The van der Waals surface area contributed by atoms with Crippen LogP contribution in [0.15, 0.2) is 42.5 Å². The van der Waals surface area contributed by atoms with Gasteiger partial charge in [0, 0.05) is 11.1 Å². The zero-order chi connectivity index (χ0) is 18.7. The third kappa shape index (κ3) is 3.38. The second-order valence-corrected chi connectivity index (χ2v) is 5.14. The van der Waals surface area contributed by atoms with Gasteiger partial charge in [-0.1, -0.05) is 12.1 Å². The maximum Gasteiger partial charge on any atom is 0.337 e. The third-order valence-corrected chi connectivity index (χ3v) is 3.50. The van der Waals surface area contributed by atoms with Crippen molar-refractivity contribution < 1.29 is 24.6 Å². The molecule has 0 radical (unpaired) electrons. The van der Waals surface area contributed by atoms with Crippen LogP contribution >= 0.6 is 0 Å². The molecule has 4 N–H and O–H groups in total. The number of benzene rings is 2. The number of carboxylic acid groups (broad SMARTS) is 2. The smallest absolute Gasteiger partial charge is 0.337 e. The second-order valence-electron chi connectivity index (χ2n) is 5.14. The molecule has 1 heterocycles. The van der Waals surface area contributed by atoms with Gasteiger partial charge in [0.15, 0.2) is 0 Å². The Morgan fingerprint density at radius 1 is 0.923 bits per heavy atom. The number of rotatable bonds is 5. The zero-order valence-electron chi connectivity index (χ0n) is 13.0. The third-order valence-electron chi connectivity index (χ3n) is 3.50. The Labute approximate surface area is 145 Å². The van der Waals surface area contributed by atoms with Crippen molar-refractivity contribution in [2.75, 3.05) is 5.32 Å². The number of nitrogens with zero attached hydrogens (tertiary/aromatic N) is 3. The summed E-state index contributed by atoms with van der Waals surface area (Å²) in [6.07, 6.45) is 0. The number of aromatic amines is 1. The average molecular weight is 353 g/mol. The summed E-state index contributed by atoms with van der Waals surface area (Å²) >= 11 is 0. The SMILES string of the molecule is O=C(O)c1ccc(C(=O)O)c(NC(=O)c2ccc(-c3nn[nH]n3)cc2)c1. The van der Waals surface area contributed by atoms with Gasteiger partial charge in [-0.05, 0) is 35.5 Å². The lowest BCUT2D eigenvalue weighted by molar-refractivity contribution is 0.0682. The number of amides is 1. The van der Waals surface area contributed by atoms with Crippen LogP contribution in [0.5, 0.6) is 0 Å². The van der Waals surface area contributed by atoms with Gasteiger partial charge in [-0.3, -0.25) is 4.79 Å². The molecule has 3 aromatic rings. The van der Waals surface area contributed by atoms with Gasteiger partial charge in [0.25, 0.3) is 5.91 Å². The van der Waals surface area contributed by atoms with E-state index in [0.717, 1.165) is 18.2 Å². The van der Waals surface area contributed by atoms with Gasteiger partial charge in [0.1, 0.15) is 0 Å². The Morgan fingerprint density at radius 3 is 2.19 bits per heavy atom. The topological polar surface area (TPSA) is 158 Å². The minimum absolute atomic E-state index is 0.107. The van der Waals surface area contributed by atoms with E-state index in [1.54, 1.807) is 12.1 Å². The van der Waals surface area contributed by atoms with Crippen LogP contribution in [0.4, 0.5) is 5.69 Å². The van der Waals surface area contributed by atoms with E-state index in [4.69, 9.17) is 5.11 Å². The number of hydrogen-bond donors (Lipinski definition) is 4. The molecule has 0 spiro atoms. The van der Waals surface area contributed by atoms with Crippen molar-refractivity contribution in [1.29, 1.82) is 0 Å². The molecule has 0 saturated carbocycles. The molecule has 0 aliphatic rings. The predicted molar refractivity (Wildman–Crippen MR) is 87.9 cm³/mol. The number of hydrogen-bond acceptors (Lipinski definition) is 6. The van der Waals surface area contributed by atoms with E-state index in [2.05, 4.69) is 25.9 Å². The lowest BCUT2D eigenvalue weighted by Crippen LogP contribution is -2.15. The van der Waals surface area contributed by atoms with Crippen molar-refractivity contribution in [2.45, 2.75) is 0 Å². The largest absolute Gasteiger partial charge is 0.478 e. The van der Waals surface area contributed by atoms with E-state index < -0.39 is 17.8 Å². The van der Waals surface area contributed by atoms with E-state index >= 15 is 0 Å². The molecule has 10 nitrogen and oxygen atoms in total. The van der Waals surface area contributed by atoms with Gasteiger partial charge in [-0.25, -0.2) is 9.59 Å². The number of anilines is 1. The Hall–Kier alpha value is -4.08. The second kappa shape index (κ2) is 6.81. The molecular formula is C16H11N5O5. The van der Waals surface area contributed by atoms with Crippen molar-refractivity contribution in [3.8, 4) is 11.4 Å². The van der Waals surface area contributed by atoms with Crippen LogP contribution in [0, 0.1) is 0 Å². The summed E-state index contributed by atoms with van der Waals surface area (Å²) in [6.45, 7) is 0. The molecule has 0 aliphatic carbocycles. The molecule has 0 atom stereocenters. The summed E-state index contributed by atoms with van der Waals surface area (Å²) in [6, 6.07) is 9.58. The Bertz CT molecular complexity index is 983. The lowest BCUT2D eigenvalue weighted by Gasteiger charge is -2.10. The summed E-state index contributed by atoms with van der Waals surface area (Å²) in [5, 5.41) is 34.0. The van der Waals surface area contributed by atoms with E-state index in [-0.39, 0.29) is 22.4 Å². The highest BCUT2D eigenvalue weighted by atomic mass is 16.4. The van der Waals surface area contributed by atoms with Crippen molar-refractivity contribution in [2.24, 2.45) is 0 Å². The monoisotopic (exact) mass is 353 g/mol. The van der Waals surface area contributed by atoms with Gasteiger partial charge in [-0.15, -0.1) is 10.2 Å².